The van der Waals surface area contributed by atoms with Crippen molar-refractivity contribution < 1.29 is 9.47 Å². The predicted molar refractivity (Wildman–Crippen MR) is 104 cm³/mol. The fourth-order valence-corrected chi connectivity index (χ4v) is 2.56. The van der Waals surface area contributed by atoms with Crippen LogP contribution in [0.15, 0.2) is 47.5 Å². The highest BCUT2D eigenvalue weighted by Gasteiger charge is 2.01. The van der Waals surface area contributed by atoms with Crippen LogP contribution in [0.2, 0.25) is 0 Å². The molecule has 0 aliphatic heterocycles. The third-order valence-corrected chi connectivity index (χ3v) is 3.82. The number of nitrogens with zero attached hydrogens (tertiary/aromatic N) is 1. The number of hydrogen-bond acceptors (Lipinski definition) is 3. The van der Waals surface area contributed by atoms with Gasteiger partial charge in [-0.3, -0.25) is 0 Å². The third-order valence-electron chi connectivity index (χ3n) is 3.82. The molecule has 2 aromatic rings. The molecular weight excluding hydrogens is 314 g/mol. The fraction of sp³-hybridized carbons (Fsp3) is 0.450. The zero-order chi connectivity index (χ0) is 17.7. The smallest absolute Gasteiger partial charge is 0.191 e. The second-order valence-electron chi connectivity index (χ2n) is 5.72. The van der Waals surface area contributed by atoms with Crippen LogP contribution >= 0.6 is 0 Å². The quantitative estimate of drug-likeness (QED) is 0.396. The minimum absolute atomic E-state index is 0.641. The number of hydrogen-bond donors (Lipinski definition) is 2. The number of benzene rings is 2. The van der Waals surface area contributed by atoms with Gasteiger partial charge in [-0.15, -0.1) is 0 Å². The maximum absolute atomic E-state index is 5.47. The van der Waals surface area contributed by atoms with Gasteiger partial charge in [0.1, 0.15) is 0 Å². The summed E-state index contributed by atoms with van der Waals surface area (Å²) in [5, 5.41) is 9.16. The van der Waals surface area contributed by atoms with E-state index in [-0.39, 0.29) is 0 Å². The van der Waals surface area contributed by atoms with Crippen molar-refractivity contribution in [2.24, 2.45) is 4.99 Å². The van der Waals surface area contributed by atoms with Crippen LogP contribution in [0.3, 0.4) is 0 Å². The average molecular weight is 343 g/mol. The Balaban J connectivity index is 1.86. The monoisotopic (exact) mass is 343 g/mol. The Morgan fingerprint density at radius 2 is 1.84 bits per heavy atom. The Bertz CT molecular complexity index is 653. The van der Waals surface area contributed by atoms with Crippen LogP contribution in [0.25, 0.3) is 10.8 Å². The van der Waals surface area contributed by atoms with Gasteiger partial charge in [-0.05, 0) is 29.7 Å². The summed E-state index contributed by atoms with van der Waals surface area (Å²) in [6.07, 6.45) is 0.933. The lowest BCUT2D eigenvalue weighted by atomic mass is 10.1. The van der Waals surface area contributed by atoms with Crippen molar-refractivity contribution in [3.05, 3.63) is 48.0 Å². The van der Waals surface area contributed by atoms with Crippen molar-refractivity contribution in [2.45, 2.75) is 19.9 Å². The van der Waals surface area contributed by atoms with Gasteiger partial charge in [-0.1, -0.05) is 42.5 Å². The summed E-state index contributed by atoms with van der Waals surface area (Å²) in [7, 11) is 1.68. The average Bonchev–Trinajstić information content (AvgIpc) is 2.65. The number of nitrogens with one attached hydrogen (secondary N) is 2. The number of guanidine groups is 1. The summed E-state index contributed by atoms with van der Waals surface area (Å²) in [4.78, 5) is 4.71. The molecule has 2 rings (SSSR count). The molecule has 0 aromatic heterocycles. The Labute approximate surface area is 150 Å². The molecule has 0 bridgehead atoms. The van der Waals surface area contributed by atoms with E-state index in [1.165, 1.54) is 16.3 Å². The molecule has 0 atom stereocenters. The second kappa shape index (κ2) is 11.4. The van der Waals surface area contributed by atoms with Gasteiger partial charge in [-0.2, -0.15) is 0 Å². The number of ether oxygens (including phenoxy) is 2. The first kappa shape index (κ1) is 19.2. The maximum atomic E-state index is 5.47. The Morgan fingerprint density at radius 1 is 1.00 bits per heavy atom. The standard InChI is InChI=1S/C20H29N3O2/c1-3-21-20(22-12-7-13-25-15-14-24-2)23-16-18-10-6-9-17-8-4-5-11-19(17)18/h4-6,8-11H,3,7,12-16H2,1-2H3,(H2,21,22,23). The number of methoxy groups -OCH3 is 1. The molecular formula is C20H29N3O2. The summed E-state index contributed by atoms with van der Waals surface area (Å²) in [5.74, 6) is 0.840. The first-order chi connectivity index (χ1) is 12.3. The lowest BCUT2D eigenvalue weighted by Gasteiger charge is -2.12. The topological polar surface area (TPSA) is 54.9 Å². The van der Waals surface area contributed by atoms with E-state index in [9.17, 15) is 0 Å². The lowest BCUT2D eigenvalue weighted by molar-refractivity contribution is 0.0698. The van der Waals surface area contributed by atoms with E-state index in [2.05, 4.69) is 60.0 Å². The zero-order valence-corrected chi connectivity index (χ0v) is 15.3. The molecule has 0 heterocycles. The van der Waals surface area contributed by atoms with Crippen LogP contribution < -0.4 is 10.6 Å². The van der Waals surface area contributed by atoms with Crippen LogP contribution in [0.1, 0.15) is 18.9 Å². The zero-order valence-electron chi connectivity index (χ0n) is 15.3. The summed E-state index contributed by atoms with van der Waals surface area (Å²) in [6, 6.07) is 14.8. The molecule has 0 saturated carbocycles. The van der Waals surface area contributed by atoms with E-state index in [0.717, 1.165) is 32.1 Å². The van der Waals surface area contributed by atoms with Gasteiger partial charge in [0.15, 0.2) is 5.96 Å². The Hall–Kier alpha value is -2.11. The summed E-state index contributed by atoms with van der Waals surface area (Å²) in [5.41, 5.74) is 1.23. The lowest BCUT2D eigenvalue weighted by Crippen LogP contribution is -2.38. The van der Waals surface area contributed by atoms with Crippen LogP contribution in [-0.4, -0.2) is 46.0 Å². The highest BCUT2D eigenvalue weighted by atomic mass is 16.5. The number of aliphatic imine (C=N–C) groups is 1. The predicted octanol–water partition coefficient (Wildman–Crippen LogP) is 2.95. The van der Waals surface area contributed by atoms with Crippen molar-refractivity contribution in [3.8, 4) is 0 Å². The maximum Gasteiger partial charge on any atom is 0.191 e. The van der Waals surface area contributed by atoms with Gasteiger partial charge in [0.2, 0.25) is 0 Å². The fourth-order valence-electron chi connectivity index (χ4n) is 2.56. The van der Waals surface area contributed by atoms with Crippen molar-refractivity contribution in [2.75, 3.05) is 40.0 Å². The van der Waals surface area contributed by atoms with Crippen LogP contribution in [0.5, 0.6) is 0 Å². The van der Waals surface area contributed by atoms with Crippen molar-refractivity contribution in [3.63, 3.8) is 0 Å². The Kier molecular flexibility index (Phi) is 8.80. The van der Waals surface area contributed by atoms with Gasteiger partial charge in [0, 0.05) is 26.8 Å². The van der Waals surface area contributed by atoms with Gasteiger partial charge in [-0.25, -0.2) is 4.99 Å². The minimum Gasteiger partial charge on any atom is -0.382 e. The van der Waals surface area contributed by atoms with Crippen molar-refractivity contribution in [1.29, 1.82) is 0 Å². The highest BCUT2D eigenvalue weighted by molar-refractivity contribution is 5.86. The number of fused-ring (bicyclic) bond motifs is 1. The minimum atomic E-state index is 0.641. The first-order valence-corrected chi connectivity index (χ1v) is 8.90. The molecule has 0 radical (unpaired) electrons. The van der Waals surface area contributed by atoms with Gasteiger partial charge in [0.05, 0.1) is 19.8 Å². The summed E-state index contributed by atoms with van der Waals surface area (Å²) in [6.45, 7) is 6.40. The van der Waals surface area contributed by atoms with Crippen LogP contribution in [0.4, 0.5) is 0 Å². The van der Waals surface area contributed by atoms with Gasteiger partial charge < -0.3 is 20.1 Å². The first-order valence-electron chi connectivity index (χ1n) is 8.90. The normalized spacial score (nSPS) is 11.7. The molecule has 25 heavy (non-hydrogen) atoms. The molecule has 0 aliphatic rings. The van der Waals surface area contributed by atoms with Gasteiger partial charge >= 0.3 is 0 Å². The molecule has 0 aliphatic carbocycles. The molecule has 2 aromatic carbocycles. The van der Waals surface area contributed by atoms with Crippen LogP contribution in [-0.2, 0) is 16.0 Å². The molecule has 0 amide bonds. The molecule has 5 nitrogen and oxygen atoms in total. The molecule has 5 heteroatoms. The van der Waals surface area contributed by atoms with Gasteiger partial charge in [0.25, 0.3) is 0 Å². The molecule has 0 fully saturated rings. The highest BCUT2D eigenvalue weighted by Crippen LogP contribution is 2.18. The van der Waals surface area contributed by atoms with Crippen molar-refractivity contribution >= 4 is 16.7 Å². The third kappa shape index (κ3) is 6.72. The second-order valence-corrected chi connectivity index (χ2v) is 5.72. The van der Waals surface area contributed by atoms with Crippen molar-refractivity contribution in [1.82, 2.24) is 10.6 Å². The molecule has 2 N–H and O–H groups in total. The van der Waals surface area contributed by atoms with Crippen LogP contribution in [0, 0.1) is 0 Å². The molecule has 136 valence electrons. The summed E-state index contributed by atoms with van der Waals surface area (Å²) >= 11 is 0. The molecule has 0 spiro atoms. The van der Waals surface area contributed by atoms with E-state index >= 15 is 0 Å². The van der Waals surface area contributed by atoms with E-state index in [1.54, 1.807) is 7.11 Å². The van der Waals surface area contributed by atoms with E-state index < -0.39 is 0 Å². The van der Waals surface area contributed by atoms with E-state index in [4.69, 9.17) is 14.5 Å². The molecule has 0 unspecified atom stereocenters. The molecule has 0 saturated heterocycles. The van der Waals surface area contributed by atoms with E-state index in [1.807, 2.05) is 0 Å². The Morgan fingerprint density at radius 3 is 2.68 bits per heavy atom. The number of rotatable bonds is 10. The SMILES string of the molecule is CCNC(=NCc1cccc2ccccc12)NCCCOCCOC. The summed E-state index contributed by atoms with van der Waals surface area (Å²) < 4.78 is 10.4. The largest absolute Gasteiger partial charge is 0.382 e. The van der Waals surface area contributed by atoms with E-state index in [0.29, 0.717) is 19.8 Å².